The van der Waals surface area contributed by atoms with Crippen molar-refractivity contribution in [3.63, 3.8) is 0 Å². The van der Waals surface area contributed by atoms with Crippen molar-refractivity contribution in [2.75, 3.05) is 26.2 Å². The number of nitrogens with zero attached hydrogens (tertiary/aromatic N) is 4. The lowest BCUT2D eigenvalue weighted by Crippen LogP contribution is -2.48. The minimum absolute atomic E-state index is 0.0336. The molecule has 0 aromatic heterocycles. The number of benzene rings is 3. The molecule has 304 valence electrons. The first-order chi connectivity index (χ1) is 27.9. The number of aromatic hydroxyl groups is 1. The van der Waals surface area contributed by atoms with Crippen LogP contribution in [0.15, 0.2) is 90.5 Å². The molecule has 1 N–H and O–H groups in total. The van der Waals surface area contributed by atoms with E-state index in [1.807, 2.05) is 42.5 Å². The molecule has 6 aliphatic rings. The molecular weight excluding hydrogens is 750 g/mol. The molecule has 9 rings (SSSR count). The van der Waals surface area contributed by atoms with E-state index in [1.165, 1.54) is 20.9 Å². The highest BCUT2D eigenvalue weighted by Crippen LogP contribution is 2.59. The Morgan fingerprint density at radius 1 is 0.638 bits per heavy atom. The highest BCUT2D eigenvalue weighted by atomic mass is 19.4. The summed E-state index contributed by atoms with van der Waals surface area (Å²) < 4.78 is 44.7. The third kappa shape index (κ3) is 7.10. The Balaban J connectivity index is 0.996. The minimum atomic E-state index is -5.01. The van der Waals surface area contributed by atoms with Gasteiger partial charge in [-0.15, -0.1) is 13.2 Å². The van der Waals surface area contributed by atoms with Gasteiger partial charge in [-0.05, 0) is 73.8 Å². The molecule has 4 amide bonds. The van der Waals surface area contributed by atoms with Gasteiger partial charge in [0.2, 0.25) is 23.6 Å². The molecule has 0 unspecified atom stereocenters. The number of phenolic OH excluding ortho intramolecular Hbond substituents is 1. The zero-order chi connectivity index (χ0) is 40.3. The number of rotatable bonds is 8. The third-order valence-electron chi connectivity index (χ3n) is 13.6. The van der Waals surface area contributed by atoms with Crippen molar-refractivity contribution >= 4 is 23.6 Å². The van der Waals surface area contributed by atoms with E-state index in [0.29, 0.717) is 44.3 Å². The second-order valence-electron chi connectivity index (χ2n) is 16.9. The molecule has 0 spiro atoms. The Hall–Kier alpha value is -5.01. The van der Waals surface area contributed by atoms with E-state index >= 15 is 0 Å². The molecule has 0 bridgehead atoms. The Morgan fingerprint density at radius 2 is 1.16 bits per heavy atom. The van der Waals surface area contributed by atoms with E-state index in [9.17, 15) is 37.5 Å². The Kier molecular flexibility index (Phi) is 10.2. The molecule has 6 atom stereocenters. The van der Waals surface area contributed by atoms with Crippen LogP contribution in [-0.2, 0) is 32.3 Å². The number of imide groups is 2. The standard InChI is InChI=1S/C45H47F3N4O6/c46-45(47,48)58-31-11-14-37(53)35(23-31)38-32-12-13-33-39(43(56)51(41(33)54)29-15-19-49(20-16-29)25-27-7-3-1-4-8-27)34(32)24-36-40(38)44(57)52(42(36)55)30-17-21-50(22-18-30)26-28-9-5-2-6-10-28/h1-12,14,23,29-30,33-34,36,38-40,53H,13,15-22,24-26H2/t33-,34+,36+,38+,39-,40+/m0/s1. The number of hydrogen-bond acceptors (Lipinski definition) is 8. The highest BCUT2D eigenvalue weighted by Gasteiger charge is 2.63. The fourth-order valence-corrected chi connectivity index (χ4v) is 11.0. The average molecular weight is 797 g/mol. The second-order valence-corrected chi connectivity index (χ2v) is 16.9. The van der Waals surface area contributed by atoms with Crippen molar-refractivity contribution in [2.45, 2.75) is 76.0 Å². The Morgan fingerprint density at radius 3 is 1.69 bits per heavy atom. The maximum absolute atomic E-state index is 14.7. The maximum atomic E-state index is 14.7. The summed E-state index contributed by atoms with van der Waals surface area (Å²) in [5.41, 5.74) is 3.01. The fraction of sp³-hybridized carbons (Fsp3) is 0.467. The molecule has 5 fully saturated rings. The van der Waals surface area contributed by atoms with Gasteiger partial charge in [0.05, 0.1) is 23.7 Å². The number of amides is 4. The second kappa shape index (κ2) is 15.3. The highest BCUT2D eigenvalue weighted by molar-refractivity contribution is 6.08. The van der Waals surface area contributed by atoms with Crippen LogP contribution in [0.3, 0.4) is 0 Å². The number of fused-ring (bicyclic) bond motifs is 4. The molecule has 2 aliphatic carbocycles. The van der Waals surface area contributed by atoms with Gasteiger partial charge in [0.25, 0.3) is 0 Å². The van der Waals surface area contributed by atoms with Crippen LogP contribution in [0, 0.1) is 29.6 Å². The summed E-state index contributed by atoms with van der Waals surface area (Å²) in [4.78, 5) is 65.5. The summed E-state index contributed by atoms with van der Waals surface area (Å²) in [6, 6.07) is 22.8. The summed E-state index contributed by atoms with van der Waals surface area (Å²) >= 11 is 0. The van der Waals surface area contributed by atoms with Crippen LogP contribution in [0.2, 0.25) is 0 Å². The predicted octanol–water partition coefficient (Wildman–Crippen LogP) is 6.26. The normalized spacial score (nSPS) is 28.7. The molecule has 10 nitrogen and oxygen atoms in total. The number of allylic oxidation sites excluding steroid dienone is 2. The van der Waals surface area contributed by atoms with Crippen molar-refractivity contribution in [3.8, 4) is 11.5 Å². The Bertz CT molecular complexity index is 2100. The van der Waals surface area contributed by atoms with E-state index < -0.39 is 53.5 Å². The predicted molar refractivity (Wildman–Crippen MR) is 205 cm³/mol. The van der Waals surface area contributed by atoms with E-state index in [0.717, 1.165) is 44.4 Å². The summed E-state index contributed by atoms with van der Waals surface area (Å²) in [5, 5.41) is 11.3. The molecule has 13 heteroatoms. The fourth-order valence-electron chi connectivity index (χ4n) is 11.0. The number of hydrogen-bond donors (Lipinski definition) is 1. The maximum Gasteiger partial charge on any atom is 0.573 e. The molecule has 4 heterocycles. The summed E-state index contributed by atoms with van der Waals surface area (Å²) in [6.45, 7) is 4.30. The van der Waals surface area contributed by atoms with Crippen molar-refractivity contribution in [1.82, 2.24) is 19.6 Å². The SMILES string of the molecule is O=C1[C@H]2[C@H](CC=C3[C@H]2C[C@H]2C(=O)N(C4CCN(Cc5ccccc5)CC4)C(=O)[C@H]2[C@H]3c2cc(OC(F)(F)F)ccc2O)C(=O)N1C1CCN(Cc2ccccc2)CC1. The van der Waals surface area contributed by atoms with Gasteiger partial charge in [-0.3, -0.25) is 38.8 Å². The lowest BCUT2D eigenvalue weighted by Gasteiger charge is -2.44. The number of halogens is 3. The zero-order valence-corrected chi connectivity index (χ0v) is 32.1. The number of ether oxygens (including phenoxy) is 1. The molecule has 58 heavy (non-hydrogen) atoms. The van der Waals surface area contributed by atoms with Crippen LogP contribution in [0.1, 0.15) is 61.1 Å². The largest absolute Gasteiger partial charge is 0.573 e. The van der Waals surface area contributed by atoms with E-state index in [-0.39, 0.29) is 54.0 Å². The lowest BCUT2D eigenvalue weighted by molar-refractivity contribution is -0.274. The number of phenols is 1. The van der Waals surface area contributed by atoms with E-state index in [4.69, 9.17) is 0 Å². The van der Waals surface area contributed by atoms with Crippen LogP contribution in [0.4, 0.5) is 13.2 Å². The van der Waals surface area contributed by atoms with Gasteiger partial charge in [0, 0.05) is 62.8 Å². The molecule has 4 aliphatic heterocycles. The topological polar surface area (TPSA) is 111 Å². The van der Waals surface area contributed by atoms with Gasteiger partial charge in [-0.1, -0.05) is 72.3 Å². The molecule has 4 saturated heterocycles. The smallest absolute Gasteiger partial charge is 0.508 e. The Labute approximate surface area is 335 Å². The summed E-state index contributed by atoms with van der Waals surface area (Å²) in [6.07, 6.45) is -0.389. The average Bonchev–Trinajstić information content (AvgIpc) is 3.62. The van der Waals surface area contributed by atoms with Crippen LogP contribution < -0.4 is 4.74 Å². The first-order valence-corrected chi connectivity index (χ1v) is 20.5. The first kappa shape index (κ1) is 38.5. The van der Waals surface area contributed by atoms with E-state index in [2.05, 4.69) is 38.8 Å². The van der Waals surface area contributed by atoms with Crippen LogP contribution in [-0.4, -0.2) is 93.0 Å². The molecule has 1 saturated carbocycles. The van der Waals surface area contributed by atoms with Crippen molar-refractivity contribution in [1.29, 1.82) is 0 Å². The number of likely N-dealkylation sites (tertiary alicyclic amines) is 4. The molecule has 0 radical (unpaired) electrons. The molecule has 3 aromatic rings. The van der Waals surface area contributed by atoms with Crippen molar-refractivity contribution < 1.29 is 42.2 Å². The van der Waals surface area contributed by atoms with Crippen LogP contribution in [0.5, 0.6) is 11.5 Å². The summed E-state index contributed by atoms with van der Waals surface area (Å²) in [5.74, 6) is -7.14. The third-order valence-corrected chi connectivity index (χ3v) is 13.6. The number of alkyl halides is 3. The number of piperidine rings is 2. The van der Waals surface area contributed by atoms with E-state index in [1.54, 1.807) is 0 Å². The van der Waals surface area contributed by atoms with Crippen molar-refractivity contribution in [3.05, 3.63) is 107 Å². The first-order valence-electron chi connectivity index (χ1n) is 20.5. The monoisotopic (exact) mass is 796 g/mol. The van der Waals surface area contributed by atoms with Gasteiger partial charge in [-0.2, -0.15) is 0 Å². The van der Waals surface area contributed by atoms with Crippen molar-refractivity contribution in [2.24, 2.45) is 29.6 Å². The lowest BCUT2D eigenvalue weighted by atomic mass is 9.57. The number of carbonyl (C=O) groups excluding carboxylic acids is 4. The van der Waals surface area contributed by atoms with Gasteiger partial charge in [0.15, 0.2) is 0 Å². The quantitative estimate of drug-likeness (QED) is 0.211. The van der Waals surface area contributed by atoms with Gasteiger partial charge >= 0.3 is 6.36 Å². The minimum Gasteiger partial charge on any atom is -0.508 e. The molecular formula is C45H47F3N4O6. The molecule has 3 aromatic carbocycles. The van der Waals surface area contributed by atoms with Gasteiger partial charge < -0.3 is 9.84 Å². The van der Waals surface area contributed by atoms with Crippen LogP contribution >= 0.6 is 0 Å². The van der Waals surface area contributed by atoms with Crippen LogP contribution in [0.25, 0.3) is 0 Å². The van der Waals surface area contributed by atoms with Gasteiger partial charge in [-0.25, -0.2) is 0 Å². The van der Waals surface area contributed by atoms with Gasteiger partial charge in [0.1, 0.15) is 11.5 Å². The number of carbonyl (C=O) groups is 4. The summed E-state index contributed by atoms with van der Waals surface area (Å²) in [7, 11) is 0. The zero-order valence-electron chi connectivity index (χ0n) is 32.1.